The van der Waals surface area contributed by atoms with Crippen LogP contribution in [-0.2, 0) is 16.6 Å². The van der Waals surface area contributed by atoms with Crippen molar-refractivity contribution in [3.63, 3.8) is 0 Å². The number of ether oxygens (including phenoxy) is 1. The maximum Gasteiger partial charge on any atom is 0.310 e. The van der Waals surface area contributed by atoms with Crippen LogP contribution in [0, 0.1) is 5.92 Å². The summed E-state index contributed by atoms with van der Waals surface area (Å²) in [5.41, 5.74) is 2.79. The summed E-state index contributed by atoms with van der Waals surface area (Å²) < 4.78 is 7.12. The second kappa shape index (κ2) is 6.44. The summed E-state index contributed by atoms with van der Waals surface area (Å²) in [5.74, 6) is -0.174. The lowest BCUT2D eigenvalue weighted by atomic mass is 9.97. The minimum absolute atomic E-state index is 0.0688. The number of aryl methyl sites for hydroxylation is 1. The number of nitrogens with zero attached hydrogens (tertiary/aromatic N) is 2. The van der Waals surface area contributed by atoms with Crippen molar-refractivity contribution in [3.8, 4) is 0 Å². The molecule has 1 unspecified atom stereocenters. The number of carbonyl (C=O) groups excluding carboxylic acids is 2. The molecule has 1 aromatic heterocycles. The number of hydrogen-bond donors (Lipinski definition) is 0. The zero-order valence-electron chi connectivity index (χ0n) is 13.6. The summed E-state index contributed by atoms with van der Waals surface area (Å²) >= 11 is 0. The Hall–Kier alpha value is -2.30. The van der Waals surface area contributed by atoms with Crippen molar-refractivity contribution in [2.45, 2.75) is 19.8 Å². The number of aldehydes is 1. The van der Waals surface area contributed by atoms with E-state index >= 15 is 0 Å². The third-order valence-electron chi connectivity index (χ3n) is 4.54. The number of fused-ring (bicyclic) bond motifs is 1. The fourth-order valence-electron chi connectivity index (χ4n) is 3.37. The molecule has 0 N–H and O–H groups in total. The van der Waals surface area contributed by atoms with Crippen LogP contribution in [0.15, 0.2) is 24.4 Å². The molecule has 1 saturated heterocycles. The minimum Gasteiger partial charge on any atom is -0.466 e. The van der Waals surface area contributed by atoms with Crippen molar-refractivity contribution in [1.82, 2.24) is 4.57 Å². The fourth-order valence-corrected chi connectivity index (χ4v) is 3.37. The summed E-state index contributed by atoms with van der Waals surface area (Å²) in [7, 11) is 1.94. The maximum absolute atomic E-state index is 12.0. The molecular formula is C18H22N2O3. The van der Waals surface area contributed by atoms with Crippen LogP contribution >= 0.6 is 0 Å². The molecule has 23 heavy (non-hydrogen) atoms. The quantitative estimate of drug-likeness (QED) is 0.643. The molecule has 1 aromatic carbocycles. The van der Waals surface area contributed by atoms with E-state index in [1.54, 1.807) is 0 Å². The molecule has 3 rings (SSSR count). The van der Waals surface area contributed by atoms with E-state index in [9.17, 15) is 9.59 Å². The van der Waals surface area contributed by atoms with Crippen molar-refractivity contribution >= 4 is 28.8 Å². The smallest absolute Gasteiger partial charge is 0.310 e. The lowest BCUT2D eigenvalue weighted by Gasteiger charge is -2.33. The lowest BCUT2D eigenvalue weighted by molar-refractivity contribution is -0.148. The van der Waals surface area contributed by atoms with E-state index in [0.29, 0.717) is 18.7 Å². The van der Waals surface area contributed by atoms with E-state index in [1.807, 2.05) is 36.9 Å². The van der Waals surface area contributed by atoms with Crippen LogP contribution in [0.1, 0.15) is 30.1 Å². The van der Waals surface area contributed by atoms with Crippen LogP contribution in [0.2, 0.25) is 0 Å². The van der Waals surface area contributed by atoms with Gasteiger partial charge in [-0.3, -0.25) is 9.59 Å². The van der Waals surface area contributed by atoms with Crippen molar-refractivity contribution in [3.05, 3.63) is 30.0 Å². The van der Waals surface area contributed by atoms with Gasteiger partial charge in [0.25, 0.3) is 0 Å². The first-order chi connectivity index (χ1) is 11.1. The van der Waals surface area contributed by atoms with Gasteiger partial charge in [-0.1, -0.05) is 0 Å². The maximum atomic E-state index is 12.0. The molecule has 122 valence electrons. The molecule has 1 aliphatic rings. The Morgan fingerprint density at radius 2 is 2.26 bits per heavy atom. The zero-order valence-corrected chi connectivity index (χ0v) is 13.6. The highest BCUT2D eigenvalue weighted by Crippen LogP contribution is 2.29. The number of benzene rings is 1. The molecule has 0 spiro atoms. The molecule has 0 amide bonds. The fraction of sp³-hybridized carbons (Fsp3) is 0.444. The van der Waals surface area contributed by atoms with Gasteiger partial charge < -0.3 is 14.2 Å². The predicted molar refractivity (Wildman–Crippen MR) is 89.9 cm³/mol. The van der Waals surface area contributed by atoms with Crippen molar-refractivity contribution < 1.29 is 14.3 Å². The van der Waals surface area contributed by atoms with E-state index < -0.39 is 0 Å². The molecule has 0 radical (unpaired) electrons. The van der Waals surface area contributed by atoms with Crippen LogP contribution in [0.5, 0.6) is 0 Å². The Balaban J connectivity index is 1.87. The first kappa shape index (κ1) is 15.6. The first-order valence-electron chi connectivity index (χ1n) is 8.10. The average molecular weight is 314 g/mol. The number of piperidine rings is 1. The van der Waals surface area contributed by atoms with Crippen molar-refractivity contribution in [1.29, 1.82) is 0 Å². The first-order valence-corrected chi connectivity index (χ1v) is 8.10. The van der Waals surface area contributed by atoms with Gasteiger partial charge in [0.1, 0.15) is 0 Å². The second-order valence-corrected chi connectivity index (χ2v) is 6.05. The van der Waals surface area contributed by atoms with E-state index in [4.69, 9.17) is 4.74 Å². The Bertz CT molecular complexity index is 735. The van der Waals surface area contributed by atoms with E-state index in [2.05, 4.69) is 11.0 Å². The summed E-state index contributed by atoms with van der Waals surface area (Å²) in [6.45, 7) is 3.86. The Kier molecular flexibility index (Phi) is 4.37. The van der Waals surface area contributed by atoms with Gasteiger partial charge in [0.15, 0.2) is 6.29 Å². The van der Waals surface area contributed by atoms with Gasteiger partial charge in [0, 0.05) is 48.5 Å². The number of carbonyl (C=O) groups is 2. The van der Waals surface area contributed by atoms with Crippen LogP contribution in [0.3, 0.4) is 0 Å². The van der Waals surface area contributed by atoms with Gasteiger partial charge in [0.05, 0.1) is 12.5 Å². The Labute approximate surface area is 135 Å². The molecule has 0 saturated carbocycles. The second-order valence-electron chi connectivity index (χ2n) is 6.05. The Morgan fingerprint density at radius 3 is 3.00 bits per heavy atom. The van der Waals surface area contributed by atoms with Crippen molar-refractivity contribution in [2.24, 2.45) is 13.0 Å². The topological polar surface area (TPSA) is 51.5 Å². The van der Waals surface area contributed by atoms with E-state index in [1.165, 1.54) is 0 Å². The molecular weight excluding hydrogens is 292 g/mol. The molecule has 0 aliphatic carbocycles. The van der Waals surface area contributed by atoms with Gasteiger partial charge in [0.2, 0.25) is 0 Å². The molecule has 1 atom stereocenters. The van der Waals surface area contributed by atoms with Crippen LogP contribution in [0.4, 0.5) is 5.69 Å². The number of esters is 1. The molecule has 5 heteroatoms. The molecule has 2 heterocycles. The number of hydrogen-bond acceptors (Lipinski definition) is 4. The monoisotopic (exact) mass is 314 g/mol. The highest BCUT2D eigenvalue weighted by molar-refractivity contribution is 5.99. The third kappa shape index (κ3) is 2.96. The molecule has 0 bridgehead atoms. The third-order valence-corrected chi connectivity index (χ3v) is 4.54. The molecule has 2 aromatic rings. The highest BCUT2D eigenvalue weighted by Gasteiger charge is 2.27. The lowest BCUT2D eigenvalue weighted by Crippen LogP contribution is -2.39. The van der Waals surface area contributed by atoms with Crippen LogP contribution in [0.25, 0.3) is 10.9 Å². The van der Waals surface area contributed by atoms with E-state index in [0.717, 1.165) is 42.3 Å². The molecule has 1 aliphatic heterocycles. The van der Waals surface area contributed by atoms with Gasteiger partial charge in [-0.25, -0.2) is 0 Å². The Morgan fingerprint density at radius 1 is 1.43 bits per heavy atom. The average Bonchev–Trinajstić information content (AvgIpc) is 2.91. The number of rotatable bonds is 4. The normalized spacial score (nSPS) is 18.2. The van der Waals surface area contributed by atoms with Gasteiger partial charge >= 0.3 is 5.97 Å². The SMILES string of the molecule is CCOC(=O)C1CCCN(c2ccc3c(c2)c(C=O)cn3C)C1. The largest absolute Gasteiger partial charge is 0.466 e. The zero-order chi connectivity index (χ0) is 16.4. The summed E-state index contributed by atoms with van der Waals surface area (Å²) in [6.07, 6.45) is 4.59. The number of anilines is 1. The summed E-state index contributed by atoms with van der Waals surface area (Å²) in [5, 5.41) is 0.957. The van der Waals surface area contributed by atoms with Gasteiger partial charge in [-0.05, 0) is 38.0 Å². The number of aromatic nitrogens is 1. The standard InChI is InChI=1S/C18H22N2O3/c1-3-23-18(22)13-5-4-8-20(11-13)15-6-7-17-16(9-15)14(12-21)10-19(17)2/h6-7,9-10,12-13H,3-5,8,11H2,1-2H3. The minimum atomic E-state index is -0.105. The van der Waals surface area contributed by atoms with Crippen LogP contribution in [-0.4, -0.2) is 36.5 Å². The predicted octanol–water partition coefficient (Wildman–Crippen LogP) is 2.77. The summed E-state index contributed by atoms with van der Waals surface area (Å²) in [6, 6.07) is 6.14. The van der Waals surface area contributed by atoms with Gasteiger partial charge in [-0.15, -0.1) is 0 Å². The highest BCUT2D eigenvalue weighted by atomic mass is 16.5. The van der Waals surface area contributed by atoms with Crippen LogP contribution < -0.4 is 4.90 Å². The molecule has 5 nitrogen and oxygen atoms in total. The van der Waals surface area contributed by atoms with Crippen molar-refractivity contribution in [2.75, 3.05) is 24.6 Å². The van der Waals surface area contributed by atoms with Gasteiger partial charge in [-0.2, -0.15) is 0 Å². The molecule has 1 fully saturated rings. The van der Waals surface area contributed by atoms with E-state index in [-0.39, 0.29) is 11.9 Å². The summed E-state index contributed by atoms with van der Waals surface area (Å²) in [4.78, 5) is 25.5.